The van der Waals surface area contributed by atoms with E-state index in [0.717, 1.165) is 17.3 Å². The van der Waals surface area contributed by atoms with E-state index in [9.17, 15) is 45.3 Å². The Kier molecular flexibility index (Phi) is 12.4. The summed E-state index contributed by atoms with van der Waals surface area (Å²) < 4.78 is 16.4. The second-order valence-electron chi connectivity index (χ2n) is 10.6. The molecule has 10 atom stereocenters. The highest BCUT2D eigenvalue weighted by atomic mass is 16.7. The molecule has 45 heavy (non-hydrogen) atoms. The van der Waals surface area contributed by atoms with E-state index in [1.165, 1.54) is 0 Å². The largest absolute Gasteiger partial charge is 0.394 e. The number of hydrogen-bond donors (Lipinski definition) is 10. The zero-order chi connectivity index (χ0) is 32.5. The van der Waals surface area contributed by atoms with E-state index in [1.54, 1.807) is 48.5 Å². The predicted molar refractivity (Wildman–Crippen MR) is 154 cm³/mol. The third kappa shape index (κ3) is 8.62. The normalized spacial score (nSPS) is 31.4. The molecule has 0 saturated carbocycles. The van der Waals surface area contributed by atoms with E-state index >= 15 is 0 Å². The van der Waals surface area contributed by atoms with Crippen molar-refractivity contribution in [1.29, 1.82) is 0 Å². The number of aliphatic hydroxyl groups excluding tert-OH is 7. The summed E-state index contributed by atoms with van der Waals surface area (Å²) in [6.07, 6.45) is -13.6. The average molecular weight is 634 g/mol. The van der Waals surface area contributed by atoms with Crippen LogP contribution in [0.4, 0.5) is 0 Å². The first kappa shape index (κ1) is 34.4. The molecule has 15 nitrogen and oxygen atoms in total. The molecule has 0 aliphatic carbocycles. The number of carbonyl (C=O) groups is 2. The van der Waals surface area contributed by atoms with Crippen LogP contribution in [0, 0.1) is 0 Å². The summed E-state index contributed by atoms with van der Waals surface area (Å²) in [5.41, 5.74) is 1.16. The lowest BCUT2D eigenvalue weighted by atomic mass is 9.95. The third-order valence-corrected chi connectivity index (χ3v) is 7.51. The van der Waals surface area contributed by atoms with Crippen LogP contribution in [0.25, 0.3) is 0 Å². The van der Waals surface area contributed by atoms with E-state index in [0.29, 0.717) is 0 Å². The predicted octanol–water partition coefficient (Wildman–Crippen LogP) is -3.28. The molecule has 2 aliphatic heterocycles. The topological polar surface area (TPSA) is 240 Å². The first-order valence-electron chi connectivity index (χ1n) is 14.3. The van der Waals surface area contributed by atoms with Crippen molar-refractivity contribution in [3.63, 3.8) is 0 Å². The molecule has 2 fully saturated rings. The number of amides is 2. The second-order valence-corrected chi connectivity index (χ2v) is 10.6. The standard InChI is InChI=1S/C30H39N3O12/c34-14-19-22(36)24(38)25(39)30(44-19)45-26-20(15-35)43-29(42)21(23(26)37)31-13-18(27(40)32-11-16-7-3-1-4-8-16)28(41)33-12-17-9-5-2-6-10-17/h1-10,13,19-26,29-31,34-39,42H,11-12,14-15H2,(H,32,40)(H,33,41)/t19?,20?,21?,22-,23+,24-,25?,26+,29-,30-/m0/s1. The first-order chi connectivity index (χ1) is 21.6. The van der Waals surface area contributed by atoms with Crippen LogP contribution in [0.5, 0.6) is 0 Å². The molecule has 0 spiro atoms. The average Bonchev–Trinajstić information content (AvgIpc) is 3.06. The van der Waals surface area contributed by atoms with Crippen LogP contribution in [0.1, 0.15) is 11.1 Å². The van der Waals surface area contributed by atoms with E-state index < -0.39 is 92.0 Å². The van der Waals surface area contributed by atoms with Crippen molar-refractivity contribution in [2.75, 3.05) is 13.2 Å². The number of aliphatic hydroxyl groups is 7. The van der Waals surface area contributed by atoms with Gasteiger partial charge in [0, 0.05) is 19.3 Å². The number of carbonyl (C=O) groups excluding carboxylic acids is 2. The molecular weight excluding hydrogens is 594 g/mol. The molecule has 2 heterocycles. The third-order valence-electron chi connectivity index (χ3n) is 7.51. The van der Waals surface area contributed by atoms with Crippen molar-refractivity contribution in [2.24, 2.45) is 0 Å². The number of benzene rings is 2. The highest BCUT2D eigenvalue weighted by molar-refractivity contribution is 6.18. The molecule has 4 rings (SSSR count). The van der Waals surface area contributed by atoms with Gasteiger partial charge in [-0.2, -0.15) is 0 Å². The molecule has 15 heteroatoms. The lowest BCUT2D eigenvalue weighted by molar-refractivity contribution is -0.345. The van der Waals surface area contributed by atoms with Gasteiger partial charge in [-0.3, -0.25) is 9.59 Å². The Labute approximate surface area is 258 Å². The first-order valence-corrected chi connectivity index (χ1v) is 14.3. The highest BCUT2D eigenvalue weighted by Gasteiger charge is 2.50. The molecule has 10 N–H and O–H groups in total. The van der Waals surface area contributed by atoms with E-state index in [-0.39, 0.29) is 13.1 Å². The van der Waals surface area contributed by atoms with Gasteiger partial charge in [0.2, 0.25) is 0 Å². The number of rotatable bonds is 12. The molecule has 0 aromatic heterocycles. The summed E-state index contributed by atoms with van der Waals surface area (Å²) >= 11 is 0. The number of hydrogen-bond acceptors (Lipinski definition) is 13. The molecule has 4 unspecified atom stereocenters. The summed E-state index contributed by atoms with van der Waals surface area (Å²) in [5.74, 6) is -1.53. The zero-order valence-corrected chi connectivity index (χ0v) is 24.1. The van der Waals surface area contributed by atoms with Gasteiger partial charge in [-0.05, 0) is 11.1 Å². The molecular formula is C30H39N3O12. The van der Waals surface area contributed by atoms with Crippen LogP contribution in [-0.4, -0.2) is 122 Å². The van der Waals surface area contributed by atoms with E-state index in [2.05, 4.69) is 16.0 Å². The van der Waals surface area contributed by atoms with Gasteiger partial charge in [-0.25, -0.2) is 0 Å². The van der Waals surface area contributed by atoms with Gasteiger partial charge in [0.15, 0.2) is 12.6 Å². The highest BCUT2D eigenvalue weighted by Crippen LogP contribution is 2.28. The Morgan fingerprint density at radius 1 is 0.711 bits per heavy atom. The molecule has 2 aromatic carbocycles. The van der Waals surface area contributed by atoms with Gasteiger partial charge in [0.1, 0.15) is 54.3 Å². The Morgan fingerprint density at radius 2 is 1.24 bits per heavy atom. The lowest BCUT2D eigenvalue weighted by Crippen LogP contribution is -2.66. The van der Waals surface area contributed by atoms with Gasteiger partial charge in [0.25, 0.3) is 11.8 Å². The maximum absolute atomic E-state index is 13.2. The Hall–Kier alpha value is -3.48. The van der Waals surface area contributed by atoms with Crippen LogP contribution in [-0.2, 0) is 36.9 Å². The molecule has 0 radical (unpaired) electrons. The Balaban J connectivity index is 1.51. The van der Waals surface area contributed by atoms with Crippen LogP contribution in [0.3, 0.4) is 0 Å². The van der Waals surface area contributed by atoms with Crippen LogP contribution >= 0.6 is 0 Å². The van der Waals surface area contributed by atoms with Gasteiger partial charge >= 0.3 is 0 Å². The summed E-state index contributed by atoms with van der Waals surface area (Å²) in [4.78, 5) is 26.4. The van der Waals surface area contributed by atoms with Gasteiger partial charge in [-0.1, -0.05) is 60.7 Å². The van der Waals surface area contributed by atoms with Gasteiger partial charge in [0.05, 0.1) is 13.2 Å². The fraction of sp³-hybridized carbons (Fsp3) is 0.467. The van der Waals surface area contributed by atoms with Crippen LogP contribution in [0.2, 0.25) is 0 Å². The minimum absolute atomic E-state index is 0.105. The van der Waals surface area contributed by atoms with Crippen molar-refractivity contribution in [3.05, 3.63) is 83.6 Å². The monoisotopic (exact) mass is 633 g/mol. The van der Waals surface area contributed by atoms with Crippen LogP contribution in [0.15, 0.2) is 72.4 Å². The van der Waals surface area contributed by atoms with Gasteiger partial charge in [-0.15, -0.1) is 0 Å². The Bertz CT molecular complexity index is 1210. The molecule has 2 aromatic rings. The van der Waals surface area contributed by atoms with Gasteiger partial charge < -0.3 is 65.9 Å². The zero-order valence-electron chi connectivity index (χ0n) is 24.1. The molecule has 2 aliphatic rings. The smallest absolute Gasteiger partial charge is 0.258 e. The number of nitrogens with one attached hydrogen (secondary N) is 3. The van der Waals surface area contributed by atoms with Crippen molar-refractivity contribution in [1.82, 2.24) is 16.0 Å². The number of ether oxygens (including phenoxy) is 3. The summed E-state index contributed by atoms with van der Waals surface area (Å²) in [7, 11) is 0. The summed E-state index contributed by atoms with van der Waals surface area (Å²) in [5, 5.41) is 79.6. The van der Waals surface area contributed by atoms with Crippen molar-refractivity contribution in [2.45, 2.75) is 74.4 Å². The van der Waals surface area contributed by atoms with Crippen molar-refractivity contribution in [3.8, 4) is 0 Å². The van der Waals surface area contributed by atoms with E-state index in [4.69, 9.17) is 14.2 Å². The van der Waals surface area contributed by atoms with E-state index in [1.807, 2.05) is 12.1 Å². The maximum atomic E-state index is 13.2. The molecule has 246 valence electrons. The van der Waals surface area contributed by atoms with Crippen molar-refractivity contribution >= 4 is 11.8 Å². The molecule has 2 amide bonds. The second kappa shape index (κ2) is 16.2. The molecule has 2 saturated heterocycles. The summed E-state index contributed by atoms with van der Waals surface area (Å²) in [6, 6.07) is 16.5. The minimum Gasteiger partial charge on any atom is -0.394 e. The SMILES string of the molecule is O=C(NCc1ccccc1)C(=CNC1[C@@H](O)[C@H](O[C@@H]2OC(CO)[C@H](O)[C@H](O)C2O)C(CO)O[C@@H]1O)C(=O)NCc1ccccc1. The fourth-order valence-corrected chi connectivity index (χ4v) is 4.93. The van der Waals surface area contributed by atoms with Crippen molar-refractivity contribution < 1.29 is 59.5 Å². The molecule has 0 bridgehead atoms. The fourth-order valence-electron chi connectivity index (χ4n) is 4.93. The lowest BCUT2D eigenvalue weighted by Gasteiger charge is -2.46. The maximum Gasteiger partial charge on any atom is 0.258 e. The Morgan fingerprint density at radius 3 is 1.76 bits per heavy atom. The van der Waals surface area contributed by atoms with Crippen LogP contribution < -0.4 is 16.0 Å². The summed E-state index contributed by atoms with van der Waals surface area (Å²) in [6.45, 7) is -1.27. The quantitative estimate of drug-likeness (QED) is 0.0628. The minimum atomic E-state index is -1.82.